The zero-order valence-corrected chi connectivity index (χ0v) is 17.0. The van der Waals surface area contributed by atoms with Crippen molar-refractivity contribution in [2.45, 2.75) is 37.1 Å². The summed E-state index contributed by atoms with van der Waals surface area (Å²) in [5, 5.41) is 12.2. The van der Waals surface area contributed by atoms with Crippen molar-refractivity contribution in [1.82, 2.24) is 9.62 Å². The lowest BCUT2D eigenvalue weighted by atomic mass is 10.2. The molecular weight excluding hydrogens is 400 g/mol. The molecule has 1 aliphatic rings. The van der Waals surface area contributed by atoms with Gasteiger partial charge in [0.05, 0.1) is 5.02 Å². The first-order chi connectivity index (χ1) is 13.4. The molecule has 0 aliphatic carbocycles. The quantitative estimate of drug-likeness (QED) is 0.771. The number of rotatable bonds is 5. The number of aromatic hydroxyl groups is 1. The Labute approximate surface area is 170 Å². The summed E-state index contributed by atoms with van der Waals surface area (Å²) in [7, 11) is -3.75. The van der Waals surface area contributed by atoms with E-state index in [-0.39, 0.29) is 27.8 Å². The van der Waals surface area contributed by atoms with Crippen molar-refractivity contribution in [2.24, 2.45) is 0 Å². The molecule has 3 rings (SSSR count). The van der Waals surface area contributed by atoms with Gasteiger partial charge in [0.2, 0.25) is 10.0 Å². The molecule has 0 radical (unpaired) electrons. The van der Waals surface area contributed by atoms with Gasteiger partial charge in [-0.2, -0.15) is 4.31 Å². The van der Waals surface area contributed by atoms with Crippen molar-refractivity contribution < 1.29 is 18.3 Å². The van der Waals surface area contributed by atoms with Gasteiger partial charge in [-0.25, -0.2) is 8.42 Å². The predicted molar refractivity (Wildman–Crippen MR) is 108 cm³/mol. The first kappa shape index (κ1) is 20.6. The summed E-state index contributed by atoms with van der Waals surface area (Å²) in [6.45, 7) is 1.20. The van der Waals surface area contributed by atoms with Crippen molar-refractivity contribution in [3.05, 3.63) is 58.6 Å². The van der Waals surface area contributed by atoms with E-state index in [9.17, 15) is 18.3 Å². The number of halogens is 1. The number of benzene rings is 2. The van der Waals surface area contributed by atoms with Crippen LogP contribution in [0.25, 0.3) is 0 Å². The van der Waals surface area contributed by atoms with Crippen molar-refractivity contribution in [1.29, 1.82) is 0 Å². The molecule has 0 saturated carbocycles. The van der Waals surface area contributed by atoms with Crippen LogP contribution in [-0.2, 0) is 16.6 Å². The standard InChI is InChI=1S/C20H23ClN2O4S/c21-18-10-7-16(20(25)22-14-15-5-8-17(24)9-6-15)13-19(18)28(26,27)23-11-3-1-2-4-12-23/h5-10,13,24H,1-4,11-12,14H2,(H,22,25). The van der Waals surface area contributed by atoms with Crippen molar-refractivity contribution >= 4 is 27.5 Å². The van der Waals surface area contributed by atoms with Gasteiger partial charge in [0.1, 0.15) is 10.6 Å². The monoisotopic (exact) mass is 422 g/mol. The van der Waals surface area contributed by atoms with E-state index in [1.165, 1.54) is 34.6 Å². The Morgan fingerprint density at radius 1 is 1.04 bits per heavy atom. The number of amides is 1. The molecule has 0 unspecified atom stereocenters. The molecule has 0 spiro atoms. The van der Waals surface area contributed by atoms with Crippen LogP contribution in [0.5, 0.6) is 5.75 Å². The molecule has 1 saturated heterocycles. The second-order valence-electron chi connectivity index (χ2n) is 6.81. The Bertz CT molecular complexity index is 937. The lowest BCUT2D eigenvalue weighted by Crippen LogP contribution is -2.32. The third kappa shape index (κ3) is 4.84. The number of sulfonamides is 1. The molecule has 0 atom stereocenters. The number of hydrogen-bond acceptors (Lipinski definition) is 4. The van der Waals surface area contributed by atoms with Gasteiger partial charge in [0.15, 0.2) is 0 Å². The highest BCUT2D eigenvalue weighted by Gasteiger charge is 2.28. The zero-order valence-electron chi connectivity index (χ0n) is 15.4. The minimum absolute atomic E-state index is 0.0339. The molecule has 2 N–H and O–H groups in total. The van der Waals surface area contributed by atoms with Crippen LogP contribution >= 0.6 is 11.6 Å². The number of phenols is 1. The average molecular weight is 423 g/mol. The normalized spacial score (nSPS) is 15.8. The van der Waals surface area contributed by atoms with E-state index in [2.05, 4.69) is 5.32 Å². The van der Waals surface area contributed by atoms with E-state index in [4.69, 9.17) is 11.6 Å². The summed E-state index contributed by atoms with van der Waals surface area (Å²) in [5.41, 5.74) is 1.05. The van der Waals surface area contributed by atoms with Crippen molar-refractivity contribution in [3.8, 4) is 5.75 Å². The molecule has 150 valence electrons. The van der Waals surface area contributed by atoms with E-state index < -0.39 is 15.9 Å². The molecule has 1 aliphatic heterocycles. The first-order valence-corrected chi connectivity index (χ1v) is 11.1. The second-order valence-corrected chi connectivity index (χ2v) is 9.13. The maximum atomic E-state index is 13.0. The number of carbonyl (C=O) groups is 1. The first-order valence-electron chi connectivity index (χ1n) is 9.24. The van der Waals surface area contributed by atoms with Crippen LogP contribution in [0.15, 0.2) is 47.4 Å². The fraction of sp³-hybridized carbons (Fsp3) is 0.350. The Balaban J connectivity index is 1.78. The second kappa shape index (κ2) is 8.94. The van der Waals surface area contributed by atoms with E-state index in [1.807, 2.05) is 0 Å². The molecule has 6 nitrogen and oxygen atoms in total. The highest BCUT2D eigenvalue weighted by Crippen LogP contribution is 2.27. The van der Waals surface area contributed by atoms with Crippen LogP contribution in [0, 0.1) is 0 Å². The highest BCUT2D eigenvalue weighted by atomic mass is 35.5. The maximum absolute atomic E-state index is 13.0. The van der Waals surface area contributed by atoms with Gasteiger partial charge in [0, 0.05) is 25.2 Å². The SMILES string of the molecule is O=C(NCc1ccc(O)cc1)c1ccc(Cl)c(S(=O)(=O)N2CCCCCC2)c1. The average Bonchev–Trinajstić information content (AvgIpc) is 2.97. The van der Waals surface area contributed by atoms with Gasteiger partial charge in [-0.05, 0) is 48.7 Å². The third-order valence-corrected chi connectivity index (χ3v) is 7.15. The van der Waals surface area contributed by atoms with Gasteiger partial charge in [-0.1, -0.05) is 36.6 Å². The summed E-state index contributed by atoms with van der Waals surface area (Å²) in [6, 6.07) is 10.8. The lowest BCUT2D eigenvalue weighted by Gasteiger charge is -2.21. The Morgan fingerprint density at radius 3 is 2.32 bits per heavy atom. The third-order valence-electron chi connectivity index (χ3n) is 4.77. The zero-order chi connectivity index (χ0) is 20.1. The van der Waals surface area contributed by atoms with E-state index >= 15 is 0 Å². The number of nitrogens with zero attached hydrogens (tertiary/aromatic N) is 1. The van der Waals surface area contributed by atoms with Crippen LogP contribution in [-0.4, -0.2) is 36.8 Å². The number of phenolic OH excluding ortho intramolecular Hbond substituents is 1. The lowest BCUT2D eigenvalue weighted by molar-refractivity contribution is 0.0950. The Morgan fingerprint density at radius 2 is 1.68 bits per heavy atom. The Kier molecular flexibility index (Phi) is 6.59. The molecule has 2 aromatic rings. The fourth-order valence-corrected chi connectivity index (χ4v) is 5.18. The smallest absolute Gasteiger partial charge is 0.251 e. The molecule has 8 heteroatoms. The van der Waals surface area contributed by atoms with Gasteiger partial charge < -0.3 is 10.4 Å². The molecule has 1 heterocycles. The van der Waals surface area contributed by atoms with Crippen molar-refractivity contribution in [3.63, 3.8) is 0 Å². The summed E-state index contributed by atoms with van der Waals surface area (Å²) in [4.78, 5) is 12.5. The van der Waals surface area contributed by atoms with Crippen LogP contribution in [0.1, 0.15) is 41.6 Å². The van der Waals surface area contributed by atoms with Crippen LogP contribution in [0.2, 0.25) is 5.02 Å². The van der Waals surface area contributed by atoms with Crippen molar-refractivity contribution in [2.75, 3.05) is 13.1 Å². The minimum Gasteiger partial charge on any atom is -0.508 e. The molecule has 1 amide bonds. The summed E-state index contributed by atoms with van der Waals surface area (Å²) >= 11 is 6.17. The van der Waals surface area contributed by atoms with E-state index in [1.54, 1.807) is 12.1 Å². The summed E-state index contributed by atoms with van der Waals surface area (Å²) in [5.74, 6) is -0.242. The highest BCUT2D eigenvalue weighted by molar-refractivity contribution is 7.89. The summed E-state index contributed by atoms with van der Waals surface area (Å²) < 4.78 is 27.5. The Hall–Kier alpha value is -2.09. The van der Waals surface area contributed by atoms with Crippen LogP contribution in [0.4, 0.5) is 0 Å². The number of nitrogens with one attached hydrogen (secondary N) is 1. The summed E-state index contributed by atoms with van der Waals surface area (Å²) in [6.07, 6.45) is 3.67. The van der Waals surface area contributed by atoms with E-state index in [0.29, 0.717) is 13.1 Å². The molecule has 2 aromatic carbocycles. The van der Waals surface area contributed by atoms with Gasteiger partial charge in [-0.3, -0.25) is 4.79 Å². The maximum Gasteiger partial charge on any atom is 0.251 e. The predicted octanol–water partition coefficient (Wildman–Crippen LogP) is 3.54. The topological polar surface area (TPSA) is 86.7 Å². The van der Waals surface area contributed by atoms with Gasteiger partial charge in [-0.15, -0.1) is 0 Å². The largest absolute Gasteiger partial charge is 0.508 e. The molecule has 28 heavy (non-hydrogen) atoms. The number of hydrogen-bond donors (Lipinski definition) is 2. The van der Waals surface area contributed by atoms with Crippen LogP contribution in [0.3, 0.4) is 0 Å². The molecule has 1 fully saturated rings. The molecular formula is C20H23ClN2O4S. The molecule has 0 aromatic heterocycles. The van der Waals surface area contributed by atoms with Crippen LogP contribution < -0.4 is 5.32 Å². The molecule has 0 bridgehead atoms. The fourth-order valence-electron chi connectivity index (χ4n) is 3.16. The van der Waals surface area contributed by atoms with E-state index in [0.717, 1.165) is 31.2 Å². The van der Waals surface area contributed by atoms with Gasteiger partial charge in [0.25, 0.3) is 5.91 Å². The van der Waals surface area contributed by atoms with Gasteiger partial charge >= 0.3 is 0 Å². The minimum atomic E-state index is -3.75. The number of carbonyl (C=O) groups excluding carboxylic acids is 1.